The summed E-state index contributed by atoms with van der Waals surface area (Å²) in [6.45, 7) is 0. The van der Waals surface area contributed by atoms with Gasteiger partial charge in [-0.2, -0.15) is 10.2 Å². The third-order valence-electron chi connectivity index (χ3n) is 5.08. The number of methoxy groups -OCH3 is 2. The maximum Gasteiger partial charge on any atom is 3.00 e. The SMILES string of the molecule is CO.CO.CO.CO.COc1cccc(/C=N/NC(=O)c2ccncc2)c1[O-].COc1cccc(/C=N/NC(=O)c2ccncc2)c1[O-].O=[N+]([O-])[O-].O=[N+]([O-])[O-].O=[N+]([O-])[O-].O=[N+]([O-])[O-].[Dy+3].[Dy+3]. The Hall–Kier alpha value is -6.59. The van der Waals surface area contributed by atoms with Crippen molar-refractivity contribution in [1.82, 2.24) is 20.8 Å². The van der Waals surface area contributed by atoms with Crippen molar-refractivity contribution < 1.29 is 146 Å². The number of carbonyl (C=O) groups excluding carboxylic acids is 2. The molecule has 0 bridgehead atoms. The van der Waals surface area contributed by atoms with Crippen molar-refractivity contribution in [2.75, 3.05) is 42.7 Å². The minimum absolute atomic E-state index is 0. The van der Waals surface area contributed by atoms with Gasteiger partial charge in [0.15, 0.2) is 0 Å². The third-order valence-corrected chi connectivity index (χ3v) is 5.08. The van der Waals surface area contributed by atoms with Crippen LogP contribution in [0, 0.1) is 138 Å². The summed E-state index contributed by atoms with van der Waals surface area (Å²) < 4.78 is 9.83. The molecule has 0 aliphatic rings. The van der Waals surface area contributed by atoms with E-state index in [4.69, 9.17) is 91.2 Å². The molecule has 2 heterocycles. The molecule has 2 aromatic carbocycles. The maximum absolute atomic E-state index is 11.8. The smallest absolute Gasteiger partial charge is 0.870 e. The van der Waals surface area contributed by atoms with Crippen LogP contribution in [0.4, 0.5) is 0 Å². The Kier molecular flexibility index (Phi) is 63.4. The van der Waals surface area contributed by atoms with Gasteiger partial charge in [0.2, 0.25) is 0 Å². The molecule has 0 saturated carbocycles. The number of amides is 2. The number of aromatic nitrogens is 2. The Morgan fingerprint density at radius 1 is 0.515 bits per heavy atom. The predicted octanol–water partition coefficient (Wildman–Crippen LogP) is -0.667. The molecule has 0 aliphatic carbocycles. The number of carbonyl (C=O) groups is 2. The molecule has 0 spiro atoms. The van der Waals surface area contributed by atoms with Crippen LogP contribution in [-0.2, 0) is 0 Å². The molecular weight excluding hydrogens is 1200 g/mol. The average molecular weight is 1240 g/mol. The van der Waals surface area contributed by atoms with Crippen molar-refractivity contribution in [2.45, 2.75) is 0 Å². The van der Waals surface area contributed by atoms with Crippen LogP contribution in [0.5, 0.6) is 23.0 Å². The number of ether oxygens (including phenoxy) is 2. The number of aliphatic hydroxyl groups is 4. The summed E-state index contributed by atoms with van der Waals surface area (Å²) >= 11 is 0. The Bertz CT molecular complexity index is 1750. The van der Waals surface area contributed by atoms with Crippen molar-refractivity contribution in [2.24, 2.45) is 10.2 Å². The van der Waals surface area contributed by atoms with E-state index in [1.165, 1.54) is 51.4 Å². The first-order valence-corrected chi connectivity index (χ1v) is 15.6. The van der Waals surface area contributed by atoms with Gasteiger partial charge in [-0.25, -0.2) is 10.9 Å². The number of pyridine rings is 2. The van der Waals surface area contributed by atoms with Crippen LogP contribution >= 0.6 is 0 Å². The molecule has 2 radical (unpaired) electrons. The van der Waals surface area contributed by atoms with Crippen molar-refractivity contribution in [1.29, 1.82) is 0 Å². The van der Waals surface area contributed by atoms with Crippen LogP contribution < -0.4 is 30.5 Å². The quantitative estimate of drug-likeness (QED) is 0.0724. The molecular formula is C32H40Dy2N10O22. The van der Waals surface area contributed by atoms with E-state index in [1.807, 2.05) is 0 Å². The van der Waals surface area contributed by atoms with Gasteiger partial charge >= 0.3 is 76.3 Å². The van der Waals surface area contributed by atoms with Crippen LogP contribution in [0.3, 0.4) is 0 Å². The second kappa shape index (κ2) is 54.5. The van der Waals surface area contributed by atoms with E-state index in [0.717, 1.165) is 28.4 Å². The van der Waals surface area contributed by atoms with Gasteiger partial charge in [0.05, 0.1) is 47.0 Å². The summed E-state index contributed by atoms with van der Waals surface area (Å²) in [6, 6.07) is 15.9. The molecule has 2 amide bonds. The molecule has 0 saturated heterocycles. The monoisotopic (exact) mass is 1240 g/mol. The molecule has 0 unspecified atom stereocenters. The van der Waals surface area contributed by atoms with E-state index < -0.39 is 20.3 Å². The zero-order valence-corrected chi connectivity index (χ0v) is 38.6. The van der Waals surface area contributed by atoms with Gasteiger partial charge in [0.25, 0.3) is 11.8 Å². The molecule has 2 aromatic heterocycles. The topological polar surface area (TPSA) is 519 Å². The van der Waals surface area contributed by atoms with Crippen LogP contribution in [0.25, 0.3) is 0 Å². The van der Waals surface area contributed by atoms with Gasteiger partial charge in [-0.05, 0) is 47.5 Å². The molecule has 66 heavy (non-hydrogen) atoms. The zero-order valence-electron chi connectivity index (χ0n) is 34.6. The van der Waals surface area contributed by atoms with E-state index in [9.17, 15) is 19.8 Å². The molecule has 4 rings (SSSR count). The summed E-state index contributed by atoms with van der Waals surface area (Å²) in [5.41, 5.74) is 6.21. The maximum atomic E-state index is 11.8. The van der Waals surface area contributed by atoms with Crippen LogP contribution in [0.2, 0.25) is 0 Å². The molecule has 32 nitrogen and oxygen atoms in total. The molecule has 34 heteroatoms. The van der Waals surface area contributed by atoms with Crippen LogP contribution in [0.1, 0.15) is 31.8 Å². The summed E-state index contributed by atoms with van der Waals surface area (Å²) in [6.07, 6.45) is 8.60. The van der Waals surface area contributed by atoms with E-state index in [2.05, 4.69) is 31.0 Å². The Labute approximate surface area is 433 Å². The standard InChI is InChI=1S/2C14H13N3O3.4CH4O.2Dy.4NO3/c2*1-20-12-4-2-3-11(13(12)18)9-16-17-14(19)10-5-7-15-8-6-10;4*1-2;;;4*2-1(3)4/h2*2-9,18H,1H3,(H,17,19);4*2H,1H3;;;;;;/q;;;;;;2*+3;4*-1/p-2/b2*16-9+;;;;;;;;;;. The van der Waals surface area contributed by atoms with Gasteiger partial charge in [-0.1, -0.05) is 35.8 Å². The largest absolute Gasteiger partial charge is 3.00 e. The number of hydrazone groups is 2. The Morgan fingerprint density at radius 3 is 0.955 bits per heavy atom. The average Bonchev–Trinajstić information content (AvgIpc) is 3.27. The summed E-state index contributed by atoms with van der Waals surface area (Å²) in [5.74, 6) is -0.851. The van der Waals surface area contributed by atoms with Gasteiger partial charge in [0.1, 0.15) is 11.5 Å². The number of nitrogens with zero attached hydrogens (tertiary/aromatic N) is 8. The van der Waals surface area contributed by atoms with Crippen molar-refractivity contribution >= 4 is 24.2 Å². The summed E-state index contributed by atoms with van der Waals surface area (Å²) in [7, 11) is 6.84. The normalized spacial score (nSPS) is 8.15. The molecule has 370 valence electrons. The predicted molar refractivity (Wildman–Crippen MR) is 217 cm³/mol. The van der Waals surface area contributed by atoms with Crippen molar-refractivity contribution in [3.63, 3.8) is 0 Å². The first-order chi connectivity index (χ1) is 30.4. The number of rotatable bonds is 8. The zero-order chi connectivity index (χ0) is 51.1. The number of hydrogen-bond donors (Lipinski definition) is 6. The van der Waals surface area contributed by atoms with E-state index in [0.29, 0.717) is 22.3 Å². The molecule has 0 atom stereocenters. The minimum atomic E-state index is -1.75. The fourth-order valence-corrected chi connectivity index (χ4v) is 3.05. The number of benzene rings is 2. The summed E-state index contributed by atoms with van der Waals surface area (Å²) in [5, 5.41) is 118. The fraction of sp³-hybridized carbons (Fsp3) is 0.188. The summed E-state index contributed by atoms with van der Waals surface area (Å²) in [4.78, 5) is 64.0. The third kappa shape index (κ3) is 48.4. The first kappa shape index (κ1) is 76.7. The van der Waals surface area contributed by atoms with Gasteiger partial charge < -0.3 is 101 Å². The Morgan fingerprint density at radius 2 is 0.742 bits per heavy atom. The van der Waals surface area contributed by atoms with Crippen molar-refractivity contribution in [3.05, 3.63) is 169 Å². The number of nitrogens with one attached hydrogen (secondary N) is 2. The number of para-hydroxylation sites is 2. The molecule has 4 aromatic rings. The second-order valence-electron chi connectivity index (χ2n) is 8.52. The first-order valence-electron chi connectivity index (χ1n) is 15.6. The van der Waals surface area contributed by atoms with E-state index >= 15 is 0 Å². The number of hydrogen-bond acceptors (Lipinski definition) is 26. The van der Waals surface area contributed by atoms with Gasteiger partial charge in [0, 0.05) is 64.4 Å². The van der Waals surface area contributed by atoms with Gasteiger partial charge in [-0.15, -0.1) is 0 Å². The minimum Gasteiger partial charge on any atom is -0.870 e. The molecule has 0 aliphatic heterocycles. The van der Waals surface area contributed by atoms with Crippen molar-refractivity contribution in [3.8, 4) is 23.0 Å². The molecule has 0 fully saturated rings. The fourth-order valence-electron chi connectivity index (χ4n) is 3.05. The van der Waals surface area contributed by atoms with E-state index in [1.54, 1.807) is 60.7 Å². The van der Waals surface area contributed by atoms with Crippen LogP contribution in [0.15, 0.2) is 95.7 Å². The van der Waals surface area contributed by atoms with E-state index in [-0.39, 0.29) is 111 Å². The second-order valence-corrected chi connectivity index (χ2v) is 8.52. The molecule has 6 N–H and O–H groups in total. The Balaban J connectivity index is -0.000000113. The van der Waals surface area contributed by atoms with Gasteiger partial charge in [-0.3, -0.25) is 19.6 Å². The number of aliphatic hydroxyl groups excluding tert-OH is 4. The van der Waals surface area contributed by atoms with Crippen LogP contribution in [-0.4, -0.2) is 118 Å².